The molecule has 0 radical (unpaired) electrons. The molecule has 2 heterocycles. The molecule has 3 rings (SSSR count). The monoisotopic (exact) mass is 640 g/mol. The molecule has 0 bridgehead atoms. The number of thiophene rings is 1. The number of carbonyl (C=O) groups excluding carboxylic acids is 3. The minimum Gasteiger partial charge on any atom is -0.482 e. The van der Waals surface area contributed by atoms with Crippen LogP contribution in [0, 0.1) is 6.92 Å². The molecular weight excluding hydrogens is 622 g/mol. The summed E-state index contributed by atoms with van der Waals surface area (Å²) in [5, 5.41) is 2.69. The minimum absolute atomic E-state index is 0.00230. The number of benzene rings is 1. The second-order valence-electron chi connectivity index (χ2n) is 8.00. The van der Waals surface area contributed by atoms with E-state index in [0.717, 1.165) is 11.3 Å². The molecule has 2 amide bonds. The lowest BCUT2D eigenvalue weighted by Crippen LogP contribution is -2.21. The summed E-state index contributed by atoms with van der Waals surface area (Å²) in [5.41, 5.74) is 0.519. The molecule has 8 nitrogen and oxygen atoms in total. The molecule has 2 aromatic heterocycles. The van der Waals surface area contributed by atoms with Crippen LogP contribution in [-0.4, -0.2) is 43.4 Å². The van der Waals surface area contributed by atoms with Crippen LogP contribution in [0.2, 0.25) is 25.1 Å². The Morgan fingerprint density at radius 1 is 1.00 bits per heavy atom. The summed E-state index contributed by atoms with van der Waals surface area (Å²) in [6.07, 6.45) is 0.613. The third-order valence-corrected chi connectivity index (χ3v) is 8.47. The Morgan fingerprint density at radius 3 is 2.18 bits per heavy atom. The van der Waals surface area contributed by atoms with Gasteiger partial charge in [-0.05, 0) is 31.0 Å². The maximum Gasteiger partial charge on any atom is 0.341 e. The zero-order valence-electron chi connectivity index (χ0n) is 20.5. The Hall–Kier alpha value is -2.14. The van der Waals surface area contributed by atoms with E-state index in [1.54, 1.807) is 21.0 Å². The van der Waals surface area contributed by atoms with Gasteiger partial charge < -0.3 is 24.1 Å². The summed E-state index contributed by atoms with van der Waals surface area (Å²) in [5.74, 6) is -1.44. The number of amides is 2. The van der Waals surface area contributed by atoms with E-state index in [4.69, 9.17) is 71.9 Å². The Bertz CT molecular complexity index is 1370. The first-order valence-corrected chi connectivity index (χ1v) is 13.7. The number of anilines is 1. The van der Waals surface area contributed by atoms with Gasteiger partial charge in [-0.2, -0.15) is 0 Å². The average molecular weight is 643 g/mol. The van der Waals surface area contributed by atoms with Gasteiger partial charge in [0, 0.05) is 14.1 Å². The fourth-order valence-electron chi connectivity index (χ4n) is 3.12. The number of furan rings is 1. The van der Waals surface area contributed by atoms with Crippen molar-refractivity contribution in [2.45, 2.75) is 26.9 Å². The molecule has 204 valence electrons. The van der Waals surface area contributed by atoms with Crippen LogP contribution in [-0.2, 0) is 11.3 Å². The van der Waals surface area contributed by atoms with Crippen molar-refractivity contribution >= 4 is 92.1 Å². The molecule has 0 spiro atoms. The second-order valence-corrected chi connectivity index (χ2v) is 10.9. The largest absolute Gasteiger partial charge is 0.482 e. The second kappa shape index (κ2) is 12.8. The zero-order valence-corrected chi connectivity index (χ0v) is 25.1. The Kier molecular flexibility index (Phi) is 10.2. The predicted molar refractivity (Wildman–Crippen MR) is 150 cm³/mol. The highest BCUT2D eigenvalue weighted by atomic mass is 35.5. The van der Waals surface area contributed by atoms with Crippen molar-refractivity contribution in [1.82, 2.24) is 4.90 Å². The van der Waals surface area contributed by atoms with E-state index in [1.807, 2.05) is 6.92 Å². The average Bonchev–Trinajstić information content (AvgIpc) is 3.48. The molecule has 0 fully saturated rings. The van der Waals surface area contributed by atoms with Gasteiger partial charge >= 0.3 is 5.97 Å². The van der Waals surface area contributed by atoms with E-state index in [1.165, 1.54) is 17.0 Å². The van der Waals surface area contributed by atoms with Gasteiger partial charge in [0.2, 0.25) is 0 Å². The number of halogens is 5. The fraction of sp³-hybridized carbons (Fsp3) is 0.292. The van der Waals surface area contributed by atoms with Crippen LogP contribution in [0.5, 0.6) is 5.75 Å². The quantitative estimate of drug-likeness (QED) is 0.144. The van der Waals surface area contributed by atoms with Crippen LogP contribution in [0.4, 0.5) is 5.00 Å². The van der Waals surface area contributed by atoms with Gasteiger partial charge in [-0.15, -0.1) is 11.3 Å². The first-order chi connectivity index (χ1) is 17.9. The van der Waals surface area contributed by atoms with Crippen molar-refractivity contribution in [1.29, 1.82) is 0 Å². The van der Waals surface area contributed by atoms with E-state index in [2.05, 4.69) is 5.32 Å². The Morgan fingerprint density at radius 2 is 1.61 bits per heavy atom. The fourth-order valence-corrected chi connectivity index (χ4v) is 5.56. The zero-order chi connectivity index (χ0) is 28.3. The topological polar surface area (TPSA) is 98.1 Å². The Balaban J connectivity index is 1.82. The van der Waals surface area contributed by atoms with E-state index in [-0.39, 0.29) is 72.1 Å². The third kappa shape index (κ3) is 6.35. The molecule has 1 aromatic carbocycles. The lowest BCUT2D eigenvalue weighted by molar-refractivity contribution is 0.0506. The van der Waals surface area contributed by atoms with Crippen molar-refractivity contribution in [3.63, 3.8) is 0 Å². The maximum atomic E-state index is 13.0. The molecule has 0 saturated carbocycles. The Labute approximate surface area is 247 Å². The normalized spacial score (nSPS) is 10.9. The summed E-state index contributed by atoms with van der Waals surface area (Å²) < 4.78 is 16.5. The number of nitrogens with zero attached hydrogens (tertiary/aromatic N) is 1. The van der Waals surface area contributed by atoms with Crippen LogP contribution in [0.3, 0.4) is 0 Å². The van der Waals surface area contributed by atoms with Crippen molar-refractivity contribution in [2.24, 2.45) is 0 Å². The van der Waals surface area contributed by atoms with E-state index >= 15 is 0 Å². The minimum atomic E-state index is -0.653. The van der Waals surface area contributed by atoms with Gasteiger partial charge in [-0.3, -0.25) is 9.59 Å². The molecule has 1 N–H and O–H groups in total. The van der Waals surface area contributed by atoms with Crippen molar-refractivity contribution in [2.75, 3.05) is 26.0 Å². The lowest BCUT2D eigenvalue weighted by Gasteiger charge is -2.12. The van der Waals surface area contributed by atoms with Crippen LogP contribution >= 0.6 is 69.3 Å². The first-order valence-electron chi connectivity index (χ1n) is 10.9. The maximum absolute atomic E-state index is 13.0. The van der Waals surface area contributed by atoms with Crippen molar-refractivity contribution in [3.05, 3.63) is 64.8 Å². The number of rotatable bonds is 9. The number of esters is 1. The number of hydrogen-bond acceptors (Lipinski definition) is 7. The van der Waals surface area contributed by atoms with Crippen molar-refractivity contribution < 1.29 is 28.3 Å². The molecule has 0 aliphatic rings. The van der Waals surface area contributed by atoms with Gasteiger partial charge in [-0.25, -0.2) is 4.79 Å². The van der Waals surface area contributed by atoms with Gasteiger partial charge in [0.05, 0.1) is 32.1 Å². The molecule has 38 heavy (non-hydrogen) atoms. The van der Waals surface area contributed by atoms with E-state index in [9.17, 15) is 14.4 Å². The first kappa shape index (κ1) is 30.4. The molecule has 3 aromatic rings. The molecule has 14 heteroatoms. The predicted octanol–water partition coefficient (Wildman–Crippen LogP) is 8.02. The van der Waals surface area contributed by atoms with Crippen LogP contribution in [0.15, 0.2) is 16.5 Å². The highest BCUT2D eigenvalue weighted by molar-refractivity contribution is 7.18. The van der Waals surface area contributed by atoms with Crippen molar-refractivity contribution in [3.8, 4) is 5.75 Å². The van der Waals surface area contributed by atoms with Gasteiger partial charge in [0.15, 0.2) is 11.5 Å². The summed E-state index contributed by atoms with van der Waals surface area (Å²) in [6, 6.07) is 2.92. The van der Waals surface area contributed by atoms with Crippen LogP contribution in [0.25, 0.3) is 0 Å². The lowest BCUT2D eigenvalue weighted by atomic mass is 10.1. The van der Waals surface area contributed by atoms with E-state index in [0.29, 0.717) is 16.9 Å². The molecule has 0 saturated heterocycles. The number of nitrogens with one attached hydrogen (secondary N) is 1. The molecule has 0 unspecified atom stereocenters. The van der Waals surface area contributed by atoms with Gasteiger partial charge in [0.1, 0.15) is 27.4 Å². The number of hydrogen-bond donors (Lipinski definition) is 1. The molecular formula is C24H21Cl5N2O6S. The highest BCUT2D eigenvalue weighted by Crippen LogP contribution is 2.48. The van der Waals surface area contributed by atoms with Gasteiger partial charge in [0.25, 0.3) is 11.8 Å². The smallest absolute Gasteiger partial charge is 0.341 e. The highest BCUT2D eigenvalue weighted by Gasteiger charge is 2.28. The summed E-state index contributed by atoms with van der Waals surface area (Å²) >= 11 is 31.4. The van der Waals surface area contributed by atoms with Gasteiger partial charge in [-0.1, -0.05) is 64.9 Å². The molecule has 0 atom stereocenters. The molecule has 0 aliphatic heterocycles. The SMILES string of the molecule is CCCOC(=O)c1c(NC(=O)c2ccc(COc3c(Cl)c(Cl)c(Cl)c(Cl)c3Cl)o2)sc(C(=O)N(C)C)c1C. The molecule has 0 aliphatic carbocycles. The summed E-state index contributed by atoms with van der Waals surface area (Å²) in [4.78, 5) is 40.0. The summed E-state index contributed by atoms with van der Waals surface area (Å²) in [6.45, 7) is 3.50. The van der Waals surface area contributed by atoms with Crippen LogP contribution in [0.1, 0.15) is 55.3 Å². The summed E-state index contributed by atoms with van der Waals surface area (Å²) in [7, 11) is 3.18. The van der Waals surface area contributed by atoms with E-state index < -0.39 is 11.9 Å². The number of ether oxygens (including phenoxy) is 2. The van der Waals surface area contributed by atoms with Crippen LogP contribution < -0.4 is 10.1 Å². The standard InChI is InChI=1S/C24H21Cl5N2O6S/c1-5-8-35-24(34)13-10(2)20(23(33)31(3)4)38-22(13)30-21(32)12-7-6-11(37-12)9-36-19-17(28)15(26)14(25)16(27)18(19)29/h6-7H,5,8-9H2,1-4H3,(H,30,32). The number of carbonyl (C=O) groups is 3. The third-order valence-electron chi connectivity index (χ3n) is 5.03.